The molecule has 16 heavy (non-hydrogen) atoms. The molecule has 0 saturated heterocycles. The summed E-state index contributed by atoms with van der Waals surface area (Å²) in [6.45, 7) is 1.99. The van der Waals surface area contributed by atoms with E-state index in [1.54, 1.807) is 24.3 Å². The van der Waals surface area contributed by atoms with E-state index in [1.165, 1.54) is 6.20 Å². The van der Waals surface area contributed by atoms with Gasteiger partial charge in [-0.1, -0.05) is 13.0 Å². The van der Waals surface area contributed by atoms with Gasteiger partial charge in [0.1, 0.15) is 23.5 Å². The second-order valence-electron chi connectivity index (χ2n) is 3.13. The van der Waals surface area contributed by atoms with Crippen LogP contribution < -0.4 is 5.32 Å². The molecule has 0 unspecified atom stereocenters. The minimum Gasteiger partial charge on any atom is -0.506 e. The van der Waals surface area contributed by atoms with Crippen LogP contribution in [0, 0.1) is 22.7 Å². The van der Waals surface area contributed by atoms with E-state index >= 15 is 0 Å². The number of anilines is 1. The SMILES string of the molecule is CCc1ccc(NC=C(C#N)C#N)c(O)c1. The summed E-state index contributed by atoms with van der Waals surface area (Å²) in [5.74, 6) is 0.103. The third-order valence-corrected chi connectivity index (χ3v) is 2.08. The Morgan fingerprint density at radius 3 is 2.62 bits per heavy atom. The van der Waals surface area contributed by atoms with Crippen LogP contribution in [0.1, 0.15) is 12.5 Å². The third-order valence-electron chi connectivity index (χ3n) is 2.08. The number of nitriles is 2. The van der Waals surface area contributed by atoms with Gasteiger partial charge in [0.25, 0.3) is 0 Å². The van der Waals surface area contributed by atoms with Gasteiger partial charge in [-0.05, 0) is 24.1 Å². The van der Waals surface area contributed by atoms with Crippen molar-refractivity contribution in [3.63, 3.8) is 0 Å². The van der Waals surface area contributed by atoms with E-state index in [2.05, 4.69) is 5.32 Å². The summed E-state index contributed by atoms with van der Waals surface area (Å²) in [4.78, 5) is 0. The molecule has 0 fully saturated rings. The van der Waals surface area contributed by atoms with Gasteiger partial charge in [0.15, 0.2) is 0 Å². The third kappa shape index (κ3) is 2.76. The number of aryl methyl sites for hydroxylation is 1. The largest absolute Gasteiger partial charge is 0.506 e. The summed E-state index contributed by atoms with van der Waals surface area (Å²) in [5.41, 5.74) is 1.45. The van der Waals surface area contributed by atoms with Crippen LogP contribution in [0.4, 0.5) is 5.69 Å². The maximum Gasteiger partial charge on any atom is 0.145 e. The second kappa shape index (κ2) is 5.43. The Morgan fingerprint density at radius 2 is 2.12 bits per heavy atom. The monoisotopic (exact) mass is 213 g/mol. The average Bonchev–Trinajstić information content (AvgIpc) is 2.32. The number of nitrogens with one attached hydrogen (secondary N) is 1. The van der Waals surface area contributed by atoms with Crippen molar-refractivity contribution in [1.82, 2.24) is 0 Å². The highest BCUT2D eigenvalue weighted by molar-refractivity contribution is 5.59. The molecule has 0 aromatic heterocycles. The molecule has 1 aromatic rings. The Hall–Kier alpha value is -2.46. The summed E-state index contributed by atoms with van der Waals surface area (Å²) in [6, 6.07) is 8.66. The van der Waals surface area contributed by atoms with Crippen molar-refractivity contribution in [3.8, 4) is 17.9 Å². The number of aromatic hydroxyl groups is 1. The van der Waals surface area contributed by atoms with E-state index in [1.807, 2.05) is 13.0 Å². The quantitative estimate of drug-likeness (QED) is 0.596. The average molecular weight is 213 g/mol. The van der Waals surface area contributed by atoms with Gasteiger partial charge < -0.3 is 10.4 Å². The van der Waals surface area contributed by atoms with Gasteiger partial charge in [-0.3, -0.25) is 0 Å². The Labute approximate surface area is 94.1 Å². The summed E-state index contributed by atoms with van der Waals surface area (Å²) in [7, 11) is 0. The number of allylic oxidation sites excluding steroid dienone is 1. The number of phenols is 1. The van der Waals surface area contributed by atoms with Gasteiger partial charge in [0, 0.05) is 6.20 Å². The number of hydrogen-bond acceptors (Lipinski definition) is 4. The van der Waals surface area contributed by atoms with Crippen molar-refractivity contribution in [1.29, 1.82) is 10.5 Å². The summed E-state index contributed by atoms with van der Waals surface area (Å²) >= 11 is 0. The highest BCUT2D eigenvalue weighted by atomic mass is 16.3. The molecule has 1 aromatic carbocycles. The summed E-state index contributed by atoms with van der Waals surface area (Å²) in [6.07, 6.45) is 2.10. The lowest BCUT2D eigenvalue weighted by Crippen LogP contribution is -1.91. The molecule has 4 nitrogen and oxygen atoms in total. The van der Waals surface area contributed by atoms with Gasteiger partial charge in [0.05, 0.1) is 5.69 Å². The van der Waals surface area contributed by atoms with E-state index in [0.29, 0.717) is 5.69 Å². The number of phenolic OH excluding ortho intramolecular Hbond substituents is 1. The first-order valence-electron chi connectivity index (χ1n) is 4.80. The fourth-order valence-electron chi connectivity index (χ4n) is 1.16. The Balaban J connectivity index is 2.88. The zero-order valence-corrected chi connectivity index (χ0v) is 8.86. The maximum absolute atomic E-state index is 9.62. The molecule has 0 aliphatic carbocycles. The Morgan fingerprint density at radius 1 is 1.44 bits per heavy atom. The van der Waals surface area contributed by atoms with Crippen molar-refractivity contribution in [2.45, 2.75) is 13.3 Å². The molecule has 0 aliphatic heterocycles. The van der Waals surface area contributed by atoms with Crippen LogP contribution in [0.15, 0.2) is 30.0 Å². The Bertz CT molecular complexity index is 476. The molecule has 0 atom stereocenters. The number of benzene rings is 1. The lowest BCUT2D eigenvalue weighted by atomic mass is 10.1. The predicted molar refractivity (Wildman–Crippen MR) is 60.4 cm³/mol. The van der Waals surface area contributed by atoms with Crippen molar-refractivity contribution in [2.24, 2.45) is 0 Å². The molecule has 1 rings (SSSR count). The van der Waals surface area contributed by atoms with Gasteiger partial charge >= 0.3 is 0 Å². The van der Waals surface area contributed by atoms with E-state index in [0.717, 1.165) is 12.0 Å². The van der Waals surface area contributed by atoms with Crippen molar-refractivity contribution >= 4 is 5.69 Å². The zero-order valence-electron chi connectivity index (χ0n) is 8.86. The fraction of sp³-hybridized carbons (Fsp3) is 0.167. The Kier molecular flexibility index (Phi) is 3.94. The van der Waals surface area contributed by atoms with E-state index in [-0.39, 0.29) is 11.3 Å². The highest BCUT2D eigenvalue weighted by Gasteiger charge is 2.00. The van der Waals surface area contributed by atoms with Crippen molar-refractivity contribution in [3.05, 3.63) is 35.5 Å². The molecular weight excluding hydrogens is 202 g/mol. The standard InChI is InChI=1S/C12H11N3O/c1-2-9-3-4-11(12(16)5-9)15-8-10(6-13)7-14/h3-5,8,15-16H,2H2,1H3. The van der Waals surface area contributed by atoms with Crippen LogP contribution in [0.3, 0.4) is 0 Å². The van der Waals surface area contributed by atoms with Crippen LogP contribution >= 0.6 is 0 Å². The zero-order chi connectivity index (χ0) is 12.0. The first-order valence-corrected chi connectivity index (χ1v) is 4.80. The van der Waals surface area contributed by atoms with Crippen LogP contribution in [-0.2, 0) is 6.42 Å². The van der Waals surface area contributed by atoms with Crippen LogP contribution in [0.25, 0.3) is 0 Å². The van der Waals surface area contributed by atoms with Crippen molar-refractivity contribution < 1.29 is 5.11 Å². The number of rotatable bonds is 3. The van der Waals surface area contributed by atoms with Gasteiger partial charge in [-0.25, -0.2) is 0 Å². The van der Waals surface area contributed by atoms with E-state index in [9.17, 15) is 5.11 Å². The molecule has 80 valence electrons. The molecule has 0 bridgehead atoms. The topological polar surface area (TPSA) is 79.8 Å². The van der Waals surface area contributed by atoms with Crippen LogP contribution in [0.5, 0.6) is 5.75 Å². The molecule has 0 spiro atoms. The lowest BCUT2D eigenvalue weighted by Gasteiger charge is -2.05. The normalized spacial score (nSPS) is 8.69. The molecular formula is C12H11N3O. The summed E-state index contributed by atoms with van der Waals surface area (Å²) < 4.78 is 0. The molecule has 0 aliphatic rings. The molecule has 0 amide bonds. The fourth-order valence-corrected chi connectivity index (χ4v) is 1.16. The van der Waals surface area contributed by atoms with E-state index in [4.69, 9.17) is 10.5 Å². The summed E-state index contributed by atoms with van der Waals surface area (Å²) in [5, 5.41) is 29.4. The molecule has 0 saturated carbocycles. The smallest absolute Gasteiger partial charge is 0.145 e. The second-order valence-corrected chi connectivity index (χ2v) is 3.13. The minimum atomic E-state index is -0.0426. The minimum absolute atomic E-state index is 0.0426. The van der Waals surface area contributed by atoms with Crippen molar-refractivity contribution in [2.75, 3.05) is 5.32 Å². The van der Waals surface area contributed by atoms with Gasteiger partial charge in [-0.2, -0.15) is 10.5 Å². The lowest BCUT2D eigenvalue weighted by molar-refractivity contribution is 0.477. The predicted octanol–water partition coefficient (Wildman–Crippen LogP) is 2.30. The van der Waals surface area contributed by atoms with Crippen LogP contribution in [-0.4, -0.2) is 5.11 Å². The first-order chi connectivity index (χ1) is 7.71. The molecule has 0 radical (unpaired) electrons. The van der Waals surface area contributed by atoms with E-state index < -0.39 is 0 Å². The van der Waals surface area contributed by atoms with Gasteiger partial charge in [0.2, 0.25) is 0 Å². The van der Waals surface area contributed by atoms with Gasteiger partial charge in [-0.15, -0.1) is 0 Å². The van der Waals surface area contributed by atoms with Crippen LogP contribution in [0.2, 0.25) is 0 Å². The molecule has 2 N–H and O–H groups in total. The molecule has 4 heteroatoms. The number of nitrogens with zero attached hydrogens (tertiary/aromatic N) is 2. The first kappa shape index (κ1) is 11.6. The highest BCUT2D eigenvalue weighted by Crippen LogP contribution is 2.24. The maximum atomic E-state index is 9.62. The molecule has 0 heterocycles. The number of hydrogen-bond donors (Lipinski definition) is 2.